The molecule has 0 radical (unpaired) electrons. The molecule has 102 valence electrons. The number of nitrogens with zero attached hydrogens (tertiary/aromatic N) is 1. The van der Waals surface area contributed by atoms with Crippen molar-refractivity contribution in [2.75, 3.05) is 19.8 Å². The average Bonchev–Trinajstić information content (AvgIpc) is 2.46. The third kappa shape index (κ3) is 2.51. The Morgan fingerprint density at radius 1 is 1.37 bits per heavy atom. The molecule has 4 nitrogen and oxygen atoms in total. The molecule has 0 aliphatic carbocycles. The zero-order chi connectivity index (χ0) is 13.2. The second-order valence-corrected chi connectivity index (χ2v) is 5.36. The lowest BCUT2D eigenvalue weighted by molar-refractivity contribution is -0.141. The van der Waals surface area contributed by atoms with Crippen molar-refractivity contribution in [3.63, 3.8) is 0 Å². The van der Waals surface area contributed by atoms with Crippen LogP contribution in [0.25, 0.3) is 0 Å². The van der Waals surface area contributed by atoms with E-state index in [9.17, 15) is 4.79 Å². The van der Waals surface area contributed by atoms with Crippen molar-refractivity contribution >= 4 is 5.91 Å². The SMILES string of the molecule is C[C@@H]1COCCN1C(=O)[C@H]1Cc2ccccc2CN1. The monoisotopic (exact) mass is 260 g/mol. The quantitative estimate of drug-likeness (QED) is 0.817. The van der Waals surface area contributed by atoms with Crippen LogP contribution < -0.4 is 5.32 Å². The van der Waals surface area contributed by atoms with Crippen LogP contribution in [0.3, 0.4) is 0 Å². The van der Waals surface area contributed by atoms with Crippen molar-refractivity contribution in [2.24, 2.45) is 0 Å². The van der Waals surface area contributed by atoms with Crippen LogP contribution in [0.2, 0.25) is 0 Å². The summed E-state index contributed by atoms with van der Waals surface area (Å²) >= 11 is 0. The Kier molecular flexibility index (Phi) is 3.53. The normalized spacial score (nSPS) is 26.9. The molecule has 2 aliphatic heterocycles. The van der Waals surface area contributed by atoms with E-state index >= 15 is 0 Å². The van der Waals surface area contributed by atoms with Gasteiger partial charge in [0.25, 0.3) is 0 Å². The van der Waals surface area contributed by atoms with Gasteiger partial charge in [-0.1, -0.05) is 24.3 Å². The highest BCUT2D eigenvalue weighted by Gasteiger charge is 2.31. The molecule has 1 fully saturated rings. The predicted molar refractivity (Wildman–Crippen MR) is 72.8 cm³/mol. The van der Waals surface area contributed by atoms with Crippen molar-refractivity contribution in [2.45, 2.75) is 32.0 Å². The highest BCUT2D eigenvalue weighted by Crippen LogP contribution is 2.18. The van der Waals surface area contributed by atoms with Crippen LogP contribution in [0, 0.1) is 0 Å². The fourth-order valence-corrected chi connectivity index (χ4v) is 2.88. The minimum atomic E-state index is -0.0875. The Morgan fingerprint density at radius 3 is 2.95 bits per heavy atom. The number of benzene rings is 1. The summed E-state index contributed by atoms with van der Waals surface area (Å²) in [5.74, 6) is 0.213. The fraction of sp³-hybridized carbons (Fsp3) is 0.533. The van der Waals surface area contributed by atoms with Gasteiger partial charge in [-0.3, -0.25) is 4.79 Å². The van der Waals surface area contributed by atoms with Gasteiger partial charge in [-0.25, -0.2) is 0 Å². The summed E-state index contributed by atoms with van der Waals surface area (Å²) in [6.07, 6.45) is 0.791. The summed E-state index contributed by atoms with van der Waals surface area (Å²) in [6.45, 7) is 4.84. The van der Waals surface area contributed by atoms with Crippen molar-refractivity contribution < 1.29 is 9.53 Å². The Hall–Kier alpha value is -1.39. The van der Waals surface area contributed by atoms with Crippen molar-refractivity contribution in [1.29, 1.82) is 0 Å². The van der Waals surface area contributed by atoms with Gasteiger partial charge in [-0.15, -0.1) is 0 Å². The molecule has 0 bridgehead atoms. The molecular formula is C15H20N2O2. The van der Waals surface area contributed by atoms with E-state index in [-0.39, 0.29) is 18.0 Å². The van der Waals surface area contributed by atoms with Crippen LogP contribution in [0.5, 0.6) is 0 Å². The minimum absolute atomic E-state index is 0.0875. The van der Waals surface area contributed by atoms with E-state index in [2.05, 4.69) is 17.4 Å². The summed E-state index contributed by atoms with van der Waals surface area (Å²) in [5, 5.41) is 3.36. The molecule has 0 aromatic heterocycles. The van der Waals surface area contributed by atoms with Crippen LogP contribution in [0.1, 0.15) is 18.1 Å². The fourth-order valence-electron chi connectivity index (χ4n) is 2.88. The second-order valence-electron chi connectivity index (χ2n) is 5.36. The third-order valence-electron chi connectivity index (χ3n) is 4.03. The van der Waals surface area contributed by atoms with E-state index in [1.807, 2.05) is 24.0 Å². The first-order chi connectivity index (χ1) is 9.25. The predicted octanol–water partition coefficient (Wildman–Crippen LogP) is 0.948. The maximum atomic E-state index is 12.6. The van der Waals surface area contributed by atoms with Crippen LogP contribution in [-0.2, 0) is 22.5 Å². The average molecular weight is 260 g/mol. The number of rotatable bonds is 1. The van der Waals surface area contributed by atoms with Crippen LogP contribution in [0.15, 0.2) is 24.3 Å². The van der Waals surface area contributed by atoms with E-state index < -0.39 is 0 Å². The van der Waals surface area contributed by atoms with Gasteiger partial charge >= 0.3 is 0 Å². The molecule has 0 unspecified atom stereocenters. The molecule has 4 heteroatoms. The first-order valence-electron chi connectivity index (χ1n) is 6.94. The Bertz CT molecular complexity index is 475. The number of morpholine rings is 1. The standard InChI is InChI=1S/C15H20N2O2/c1-11-10-19-7-6-17(11)15(18)14-8-12-4-2-3-5-13(12)9-16-14/h2-5,11,14,16H,6-10H2,1H3/t11-,14-/m1/s1. The molecular weight excluding hydrogens is 240 g/mol. The molecule has 19 heavy (non-hydrogen) atoms. The molecule has 2 atom stereocenters. The molecule has 1 amide bonds. The summed E-state index contributed by atoms with van der Waals surface area (Å²) in [5.41, 5.74) is 2.60. The molecule has 1 aromatic rings. The largest absolute Gasteiger partial charge is 0.377 e. The van der Waals surface area contributed by atoms with Crippen LogP contribution in [-0.4, -0.2) is 42.6 Å². The van der Waals surface area contributed by atoms with Gasteiger partial charge in [0.05, 0.1) is 25.3 Å². The molecule has 0 saturated carbocycles. The summed E-state index contributed by atoms with van der Waals surface area (Å²) in [6, 6.07) is 8.44. The highest BCUT2D eigenvalue weighted by molar-refractivity contribution is 5.83. The number of carbonyl (C=O) groups excluding carboxylic acids is 1. The molecule has 3 rings (SSSR count). The summed E-state index contributed by atoms with van der Waals surface area (Å²) < 4.78 is 5.39. The van der Waals surface area contributed by atoms with Crippen LogP contribution >= 0.6 is 0 Å². The van der Waals surface area contributed by atoms with E-state index in [4.69, 9.17) is 4.74 Å². The zero-order valence-electron chi connectivity index (χ0n) is 11.3. The Labute approximate surface area is 113 Å². The number of nitrogens with one attached hydrogen (secondary N) is 1. The maximum Gasteiger partial charge on any atom is 0.240 e. The topological polar surface area (TPSA) is 41.6 Å². The van der Waals surface area contributed by atoms with Crippen LogP contribution in [0.4, 0.5) is 0 Å². The number of amides is 1. The lowest BCUT2D eigenvalue weighted by Crippen LogP contribution is -2.55. The first-order valence-corrected chi connectivity index (χ1v) is 6.94. The molecule has 1 N–H and O–H groups in total. The summed E-state index contributed by atoms with van der Waals surface area (Å²) in [4.78, 5) is 14.5. The number of carbonyl (C=O) groups is 1. The van der Waals surface area contributed by atoms with Gasteiger partial charge in [0.2, 0.25) is 5.91 Å². The second kappa shape index (κ2) is 5.31. The van der Waals surface area contributed by atoms with Crippen molar-refractivity contribution in [3.8, 4) is 0 Å². The van der Waals surface area contributed by atoms with Gasteiger partial charge in [0.15, 0.2) is 0 Å². The minimum Gasteiger partial charge on any atom is -0.377 e. The van der Waals surface area contributed by atoms with E-state index in [1.165, 1.54) is 11.1 Å². The third-order valence-corrected chi connectivity index (χ3v) is 4.03. The van der Waals surface area contributed by atoms with Crippen molar-refractivity contribution in [1.82, 2.24) is 10.2 Å². The number of hydrogen-bond acceptors (Lipinski definition) is 3. The van der Waals surface area contributed by atoms with E-state index in [1.54, 1.807) is 0 Å². The van der Waals surface area contributed by atoms with E-state index in [0.29, 0.717) is 19.8 Å². The van der Waals surface area contributed by atoms with E-state index in [0.717, 1.165) is 13.0 Å². The van der Waals surface area contributed by atoms with Gasteiger partial charge in [0.1, 0.15) is 0 Å². The number of ether oxygens (including phenoxy) is 1. The lowest BCUT2D eigenvalue weighted by Gasteiger charge is -2.37. The summed E-state index contributed by atoms with van der Waals surface area (Å²) in [7, 11) is 0. The molecule has 1 saturated heterocycles. The van der Waals surface area contributed by atoms with Gasteiger partial charge in [0, 0.05) is 13.1 Å². The smallest absolute Gasteiger partial charge is 0.240 e. The Balaban J connectivity index is 1.72. The van der Waals surface area contributed by atoms with Crippen molar-refractivity contribution in [3.05, 3.63) is 35.4 Å². The zero-order valence-corrected chi connectivity index (χ0v) is 11.3. The van der Waals surface area contributed by atoms with Gasteiger partial charge in [-0.05, 0) is 24.5 Å². The number of fused-ring (bicyclic) bond motifs is 1. The lowest BCUT2D eigenvalue weighted by atomic mass is 9.95. The highest BCUT2D eigenvalue weighted by atomic mass is 16.5. The Morgan fingerprint density at radius 2 is 2.16 bits per heavy atom. The van der Waals surface area contributed by atoms with Gasteiger partial charge in [-0.2, -0.15) is 0 Å². The molecule has 0 spiro atoms. The molecule has 1 aromatic carbocycles. The maximum absolute atomic E-state index is 12.6. The van der Waals surface area contributed by atoms with Gasteiger partial charge < -0.3 is 15.0 Å². The molecule has 2 heterocycles. The number of hydrogen-bond donors (Lipinski definition) is 1. The molecule has 2 aliphatic rings. The first kappa shape index (κ1) is 12.6.